The molecule has 134 valence electrons. The van der Waals surface area contributed by atoms with Crippen LogP contribution in [-0.4, -0.2) is 28.0 Å². The van der Waals surface area contributed by atoms with E-state index in [1.165, 1.54) is 43.5 Å². The minimum absolute atomic E-state index is 0.0165. The Morgan fingerprint density at radius 2 is 1.80 bits per heavy atom. The van der Waals surface area contributed by atoms with Crippen molar-refractivity contribution in [1.82, 2.24) is 4.72 Å². The van der Waals surface area contributed by atoms with Crippen molar-refractivity contribution in [2.75, 3.05) is 13.7 Å². The van der Waals surface area contributed by atoms with E-state index in [1.807, 2.05) is 4.72 Å². The molecule has 0 heterocycles. The number of nitrogens with one attached hydrogen (secondary N) is 1. The lowest BCUT2D eigenvalue weighted by Gasteiger charge is -2.13. The summed E-state index contributed by atoms with van der Waals surface area (Å²) in [5.41, 5.74) is 0.0165. The summed E-state index contributed by atoms with van der Waals surface area (Å²) in [4.78, 5) is 12.2. The Labute approximate surface area is 155 Å². The van der Waals surface area contributed by atoms with Crippen LogP contribution < -0.4 is 14.2 Å². The van der Waals surface area contributed by atoms with E-state index >= 15 is 0 Å². The van der Waals surface area contributed by atoms with E-state index in [-0.39, 0.29) is 27.0 Å². The molecule has 0 atom stereocenters. The van der Waals surface area contributed by atoms with Crippen LogP contribution in [0.2, 0.25) is 10.0 Å². The molecule has 0 spiro atoms. The second kappa shape index (κ2) is 7.95. The molecule has 2 aromatic carbocycles. The van der Waals surface area contributed by atoms with E-state index in [4.69, 9.17) is 32.7 Å². The number of carbonyl (C=O) groups excluding carboxylic acids is 1. The number of amides is 1. The van der Waals surface area contributed by atoms with Crippen molar-refractivity contribution in [2.45, 2.75) is 11.8 Å². The summed E-state index contributed by atoms with van der Waals surface area (Å²) in [5, 5.41) is 0.517. The van der Waals surface area contributed by atoms with Crippen LogP contribution in [0.15, 0.2) is 41.3 Å². The molecule has 2 rings (SSSR count). The van der Waals surface area contributed by atoms with Crippen LogP contribution in [0.1, 0.15) is 17.3 Å². The molecule has 0 saturated carbocycles. The first-order chi connectivity index (χ1) is 11.8. The predicted octanol–water partition coefficient (Wildman–Crippen LogP) is 3.52. The summed E-state index contributed by atoms with van der Waals surface area (Å²) in [7, 11) is -2.66. The Morgan fingerprint density at radius 1 is 1.16 bits per heavy atom. The highest BCUT2D eigenvalue weighted by Crippen LogP contribution is 2.36. The van der Waals surface area contributed by atoms with Crippen molar-refractivity contribution < 1.29 is 22.7 Å². The van der Waals surface area contributed by atoms with Gasteiger partial charge in [0.05, 0.1) is 23.6 Å². The zero-order chi connectivity index (χ0) is 18.6. The third-order valence-electron chi connectivity index (χ3n) is 3.13. The molecule has 1 amide bonds. The molecular weight excluding hydrogens is 389 g/mol. The maximum atomic E-state index is 12.3. The molecule has 0 aliphatic heterocycles. The van der Waals surface area contributed by atoms with Gasteiger partial charge >= 0.3 is 0 Å². The highest BCUT2D eigenvalue weighted by molar-refractivity contribution is 7.90. The summed E-state index contributed by atoms with van der Waals surface area (Å²) in [6, 6.07) is 8.08. The highest BCUT2D eigenvalue weighted by atomic mass is 35.5. The third-order valence-corrected chi connectivity index (χ3v) is 5.01. The first-order valence-corrected chi connectivity index (χ1v) is 9.35. The van der Waals surface area contributed by atoms with Crippen molar-refractivity contribution in [1.29, 1.82) is 0 Å². The van der Waals surface area contributed by atoms with Crippen LogP contribution in [0.5, 0.6) is 11.5 Å². The predicted molar refractivity (Wildman–Crippen MR) is 95.3 cm³/mol. The van der Waals surface area contributed by atoms with Gasteiger partial charge in [-0.15, -0.1) is 0 Å². The smallest absolute Gasteiger partial charge is 0.265 e. The second-order valence-corrected chi connectivity index (χ2v) is 7.34. The molecule has 0 aliphatic rings. The number of methoxy groups -OCH3 is 1. The topological polar surface area (TPSA) is 81.7 Å². The Kier molecular flexibility index (Phi) is 6.16. The van der Waals surface area contributed by atoms with E-state index < -0.39 is 15.9 Å². The van der Waals surface area contributed by atoms with Gasteiger partial charge in [0.2, 0.25) is 0 Å². The summed E-state index contributed by atoms with van der Waals surface area (Å²) in [6.07, 6.45) is 0. The molecule has 2 aromatic rings. The molecule has 0 saturated heterocycles. The zero-order valence-electron chi connectivity index (χ0n) is 13.4. The molecule has 0 aromatic heterocycles. The van der Waals surface area contributed by atoms with Gasteiger partial charge in [-0.1, -0.05) is 23.2 Å². The molecule has 0 unspecified atom stereocenters. The Balaban J connectivity index is 2.31. The fourth-order valence-electron chi connectivity index (χ4n) is 1.99. The van der Waals surface area contributed by atoms with Crippen molar-refractivity contribution in [3.05, 3.63) is 52.0 Å². The summed E-state index contributed by atoms with van der Waals surface area (Å²) >= 11 is 11.8. The summed E-state index contributed by atoms with van der Waals surface area (Å²) < 4.78 is 37.0. The van der Waals surface area contributed by atoms with E-state index in [1.54, 1.807) is 6.92 Å². The van der Waals surface area contributed by atoms with Gasteiger partial charge in [-0.25, -0.2) is 13.1 Å². The Hall–Kier alpha value is -1.96. The Morgan fingerprint density at radius 3 is 2.36 bits per heavy atom. The average molecular weight is 404 g/mol. The van der Waals surface area contributed by atoms with Crippen LogP contribution in [0.25, 0.3) is 0 Å². The average Bonchev–Trinajstić information content (AvgIpc) is 2.56. The van der Waals surface area contributed by atoms with Crippen LogP contribution in [0.3, 0.4) is 0 Å². The minimum Gasteiger partial charge on any atom is -0.493 e. The number of sulfonamides is 1. The van der Waals surface area contributed by atoms with Gasteiger partial charge in [0.15, 0.2) is 11.5 Å². The summed E-state index contributed by atoms with van der Waals surface area (Å²) in [5.74, 6) is -0.342. The number of hydrogen-bond donors (Lipinski definition) is 1. The number of ether oxygens (including phenoxy) is 2. The van der Waals surface area contributed by atoms with Gasteiger partial charge in [-0.2, -0.15) is 0 Å². The minimum atomic E-state index is -4.05. The van der Waals surface area contributed by atoms with E-state index in [9.17, 15) is 13.2 Å². The lowest BCUT2D eigenvalue weighted by Crippen LogP contribution is -2.30. The fourth-order valence-corrected chi connectivity index (χ4v) is 3.35. The largest absolute Gasteiger partial charge is 0.493 e. The number of halogens is 2. The van der Waals surface area contributed by atoms with E-state index in [0.29, 0.717) is 11.6 Å². The standard InChI is InChI=1S/C16H15Cl2NO5S/c1-3-24-15-13(18)8-10(9-14(15)23-2)16(20)19-25(21,22)12-6-4-11(17)5-7-12/h4-9H,3H2,1-2H3,(H,19,20). The van der Waals surface area contributed by atoms with Gasteiger partial charge in [-0.05, 0) is 43.3 Å². The SMILES string of the molecule is CCOc1c(Cl)cc(C(=O)NS(=O)(=O)c2ccc(Cl)cc2)cc1OC. The first kappa shape index (κ1) is 19.4. The molecule has 0 radical (unpaired) electrons. The lowest BCUT2D eigenvalue weighted by molar-refractivity contribution is 0.0981. The molecule has 6 nitrogen and oxygen atoms in total. The Bertz CT molecular complexity index is 882. The van der Waals surface area contributed by atoms with Crippen molar-refractivity contribution in [3.8, 4) is 11.5 Å². The monoisotopic (exact) mass is 403 g/mol. The normalized spacial score (nSPS) is 11.0. The van der Waals surface area contributed by atoms with Crippen LogP contribution in [0.4, 0.5) is 0 Å². The molecule has 0 aliphatic carbocycles. The number of hydrogen-bond acceptors (Lipinski definition) is 5. The quantitative estimate of drug-likeness (QED) is 0.797. The van der Waals surface area contributed by atoms with Crippen LogP contribution >= 0.6 is 23.2 Å². The fraction of sp³-hybridized carbons (Fsp3) is 0.188. The lowest BCUT2D eigenvalue weighted by atomic mass is 10.2. The highest BCUT2D eigenvalue weighted by Gasteiger charge is 2.21. The second-order valence-electron chi connectivity index (χ2n) is 4.81. The van der Waals surface area contributed by atoms with Gasteiger partial charge in [0.25, 0.3) is 15.9 Å². The van der Waals surface area contributed by atoms with Crippen LogP contribution in [0, 0.1) is 0 Å². The zero-order valence-corrected chi connectivity index (χ0v) is 15.7. The molecule has 25 heavy (non-hydrogen) atoms. The van der Waals surface area contributed by atoms with Crippen molar-refractivity contribution >= 4 is 39.1 Å². The molecule has 9 heteroatoms. The van der Waals surface area contributed by atoms with Gasteiger partial charge in [0.1, 0.15) is 0 Å². The van der Waals surface area contributed by atoms with Gasteiger partial charge in [-0.3, -0.25) is 4.79 Å². The van der Waals surface area contributed by atoms with Crippen LogP contribution in [-0.2, 0) is 10.0 Å². The van der Waals surface area contributed by atoms with Gasteiger partial charge < -0.3 is 9.47 Å². The maximum absolute atomic E-state index is 12.3. The molecule has 1 N–H and O–H groups in total. The van der Waals surface area contributed by atoms with E-state index in [0.717, 1.165) is 0 Å². The maximum Gasteiger partial charge on any atom is 0.265 e. The van der Waals surface area contributed by atoms with Crippen molar-refractivity contribution in [2.24, 2.45) is 0 Å². The third kappa shape index (κ3) is 4.56. The van der Waals surface area contributed by atoms with Gasteiger partial charge in [0, 0.05) is 10.6 Å². The number of carbonyl (C=O) groups is 1. The van der Waals surface area contributed by atoms with Crippen molar-refractivity contribution in [3.63, 3.8) is 0 Å². The number of rotatable bonds is 6. The molecule has 0 fully saturated rings. The molecule has 0 bridgehead atoms. The number of benzene rings is 2. The summed E-state index contributed by atoms with van der Waals surface area (Å²) in [6.45, 7) is 2.13. The first-order valence-electron chi connectivity index (χ1n) is 7.11. The molecular formula is C16H15Cl2NO5S. The van der Waals surface area contributed by atoms with E-state index in [2.05, 4.69) is 0 Å².